The molecular formula is C11H19N3O. The summed E-state index contributed by atoms with van der Waals surface area (Å²) in [6, 6.07) is 0. The summed E-state index contributed by atoms with van der Waals surface area (Å²) in [6.45, 7) is 7.84. The van der Waals surface area contributed by atoms with Gasteiger partial charge in [0.05, 0.1) is 0 Å². The first-order valence-corrected chi connectivity index (χ1v) is 5.32. The summed E-state index contributed by atoms with van der Waals surface area (Å²) in [5.74, 6) is -0.0524. The number of carbonyl (C=O) groups excluding carboxylic acids is 1. The van der Waals surface area contributed by atoms with Crippen LogP contribution < -0.4 is 5.32 Å². The van der Waals surface area contributed by atoms with Gasteiger partial charge in [-0.1, -0.05) is 20.8 Å². The molecule has 0 aromatic heterocycles. The van der Waals surface area contributed by atoms with Gasteiger partial charge in [0.2, 0.25) is 0 Å². The topological polar surface area (TPSA) is 53.8 Å². The normalized spacial score (nSPS) is 21.0. The van der Waals surface area contributed by atoms with Crippen molar-refractivity contribution in [3.8, 4) is 0 Å². The van der Waals surface area contributed by atoms with Crippen molar-refractivity contribution >= 4 is 18.0 Å². The van der Waals surface area contributed by atoms with Gasteiger partial charge < -0.3 is 5.32 Å². The molecule has 1 aliphatic rings. The molecule has 1 fully saturated rings. The number of hydrogen-bond acceptors (Lipinski definition) is 2. The number of rotatable bonds is 2. The fraction of sp³-hybridized carbons (Fsp3) is 0.727. The smallest absolute Gasteiger partial charge is 0.265 e. The third-order valence-electron chi connectivity index (χ3n) is 2.00. The minimum absolute atomic E-state index is 0.0524. The molecular weight excluding hydrogens is 190 g/mol. The van der Waals surface area contributed by atoms with E-state index in [0.29, 0.717) is 5.71 Å². The van der Waals surface area contributed by atoms with E-state index in [1.54, 1.807) is 0 Å². The summed E-state index contributed by atoms with van der Waals surface area (Å²) in [5.41, 5.74) is 0.768. The minimum atomic E-state index is -0.0524. The predicted molar refractivity (Wildman–Crippen MR) is 62.5 cm³/mol. The van der Waals surface area contributed by atoms with Crippen LogP contribution in [0.1, 0.15) is 33.6 Å². The molecule has 0 aliphatic carbocycles. The summed E-state index contributed by atoms with van der Waals surface area (Å²) in [7, 11) is 0. The molecule has 1 saturated heterocycles. The van der Waals surface area contributed by atoms with Gasteiger partial charge in [0.15, 0.2) is 0 Å². The Morgan fingerprint density at radius 2 is 2.20 bits per heavy atom. The maximum atomic E-state index is 11.3. The van der Waals surface area contributed by atoms with Crippen molar-refractivity contribution < 1.29 is 4.79 Å². The van der Waals surface area contributed by atoms with E-state index in [0.717, 1.165) is 25.9 Å². The zero-order valence-electron chi connectivity index (χ0n) is 9.71. The summed E-state index contributed by atoms with van der Waals surface area (Å²) < 4.78 is 0. The second kappa shape index (κ2) is 5.05. The number of piperidine rings is 1. The Morgan fingerprint density at radius 3 is 2.80 bits per heavy atom. The van der Waals surface area contributed by atoms with Crippen LogP contribution in [0.25, 0.3) is 0 Å². The molecule has 0 unspecified atom stereocenters. The average Bonchev–Trinajstić information content (AvgIpc) is 2.13. The van der Waals surface area contributed by atoms with Gasteiger partial charge >= 0.3 is 0 Å². The fourth-order valence-electron chi connectivity index (χ4n) is 1.22. The Balaban J connectivity index is 2.45. The molecule has 0 spiro atoms. The van der Waals surface area contributed by atoms with Crippen molar-refractivity contribution in [3.63, 3.8) is 0 Å². The highest BCUT2D eigenvalue weighted by Gasteiger charge is 2.14. The molecule has 0 aromatic rings. The maximum Gasteiger partial charge on any atom is 0.265 e. The second-order valence-electron chi connectivity index (χ2n) is 4.95. The summed E-state index contributed by atoms with van der Waals surface area (Å²) in [6.07, 6.45) is 3.23. The number of aliphatic imine (C=N–C) groups is 2. The molecule has 0 aromatic carbocycles. The quantitative estimate of drug-likeness (QED) is 0.542. The molecule has 0 atom stereocenters. The number of nitrogens with one attached hydrogen (secondary N) is 1. The Bertz CT molecular complexity index is 287. The molecule has 84 valence electrons. The largest absolute Gasteiger partial charge is 0.351 e. The fourth-order valence-corrected chi connectivity index (χ4v) is 1.22. The SMILES string of the molecule is CC(C)(C)CN=CN=C1CCCNC1=O. The van der Waals surface area contributed by atoms with E-state index >= 15 is 0 Å². The van der Waals surface area contributed by atoms with Gasteiger partial charge in [-0.2, -0.15) is 0 Å². The molecule has 0 bridgehead atoms. The van der Waals surface area contributed by atoms with Crippen LogP contribution in [0.2, 0.25) is 0 Å². The zero-order valence-corrected chi connectivity index (χ0v) is 9.71. The third-order valence-corrected chi connectivity index (χ3v) is 2.00. The molecule has 0 saturated carbocycles. The number of amides is 1. The van der Waals surface area contributed by atoms with Crippen LogP contribution >= 0.6 is 0 Å². The van der Waals surface area contributed by atoms with E-state index in [2.05, 4.69) is 36.1 Å². The van der Waals surface area contributed by atoms with Crippen molar-refractivity contribution in [1.82, 2.24) is 5.32 Å². The average molecular weight is 209 g/mol. The van der Waals surface area contributed by atoms with Crippen molar-refractivity contribution in [2.75, 3.05) is 13.1 Å². The van der Waals surface area contributed by atoms with Gasteiger partial charge in [0.1, 0.15) is 12.1 Å². The molecule has 4 nitrogen and oxygen atoms in total. The summed E-state index contributed by atoms with van der Waals surface area (Å²) >= 11 is 0. The van der Waals surface area contributed by atoms with Crippen molar-refractivity contribution in [2.45, 2.75) is 33.6 Å². The van der Waals surface area contributed by atoms with Crippen LogP contribution in [0.4, 0.5) is 0 Å². The molecule has 1 amide bonds. The number of hydrogen-bond donors (Lipinski definition) is 1. The van der Waals surface area contributed by atoms with Crippen molar-refractivity contribution in [3.05, 3.63) is 0 Å². The minimum Gasteiger partial charge on any atom is -0.351 e. The molecule has 1 N–H and O–H groups in total. The third kappa shape index (κ3) is 4.72. The summed E-state index contributed by atoms with van der Waals surface area (Å²) in [5, 5.41) is 2.76. The lowest BCUT2D eigenvalue weighted by atomic mass is 9.98. The van der Waals surface area contributed by atoms with Gasteiger partial charge in [0.25, 0.3) is 5.91 Å². The lowest BCUT2D eigenvalue weighted by molar-refractivity contribution is -0.115. The monoisotopic (exact) mass is 209 g/mol. The summed E-state index contributed by atoms with van der Waals surface area (Å²) in [4.78, 5) is 19.5. The predicted octanol–water partition coefficient (Wildman–Crippen LogP) is 1.41. The molecule has 0 radical (unpaired) electrons. The molecule has 1 rings (SSSR count). The first-order chi connectivity index (χ1) is 6.99. The van der Waals surface area contributed by atoms with E-state index in [1.807, 2.05) is 0 Å². The highest BCUT2D eigenvalue weighted by atomic mass is 16.1. The molecule has 15 heavy (non-hydrogen) atoms. The standard InChI is InChI=1S/C11H19N3O/c1-11(2,3)7-12-8-14-9-5-4-6-13-10(9)15/h8H,4-7H2,1-3H3,(H,13,15). The van der Waals surface area contributed by atoms with Gasteiger partial charge in [0, 0.05) is 13.1 Å². The highest BCUT2D eigenvalue weighted by molar-refractivity contribution is 6.40. The van der Waals surface area contributed by atoms with Crippen LogP contribution in [0.15, 0.2) is 9.98 Å². The van der Waals surface area contributed by atoms with Crippen LogP contribution in [-0.2, 0) is 4.79 Å². The van der Waals surface area contributed by atoms with Gasteiger partial charge in [-0.25, -0.2) is 4.99 Å². The van der Waals surface area contributed by atoms with Crippen molar-refractivity contribution in [2.24, 2.45) is 15.4 Å². The first kappa shape index (κ1) is 11.9. The van der Waals surface area contributed by atoms with E-state index in [-0.39, 0.29) is 11.3 Å². The van der Waals surface area contributed by atoms with E-state index in [1.165, 1.54) is 6.34 Å². The lowest BCUT2D eigenvalue weighted by Gasteiger charge is -2.14. The van der Waals surface area contributed by atoms with Gasteiger partial charge in [-0.05, 0) is 18.3 Å². The number of carbonyl (C=O) groups is 1. The Morgan fingerprint density at radius 1 is 1.47 bits per heavy atom. The molecule has 4 heteroatoms. The maximum absolute atomic E-state index is 11.3. The highest BCUT2D eigenvalue weighted by Crippen LogP contribution is 2.12. The van der Waals surface area contributed by atoms with E-state index in [4.69, 9.17) is 0 Å². The van der Waals surface area contributed by atoms with Gasteiger partial charge in [-0.3, -0.25) is 9.79 Å². The Hall–Kier alpha value is -1.19. The van der Waals surface area contributed by atoms with Crippen LogP contribution in [-0.4, -0.2) is 31.0 Å². The van der Waals surface area contributed by atoms with Gasteiger partial charge in [-0.15, -0.1) is 0 Å². The van der Waals surface area contributed by atoms with Crippen LogP contribution in [0.3, 0.4) is 0 Å². The molecule has 1 aliphatic heterocycles. The second-order valence-corrected chi connectivity index (χ2v) is 4.95. The van der Waals surface area contributed by atoms with Crippen LogP contribution in [0.5, 0.6) is 0 Å². The Kier molecular flexibility index (Phi) is 4.00. The van der Waals surface area contributed by atoms with Crippen molar-refractivity contribution in [1.29, 1.82) is 0 Å². The van der Waals surface area contributed by atoms with Crippen LogP contribution in [0, 0.1) is 5.41 Å². The molecule has 1 heterocycles. The Labute approximate surface area is 90.9 Å². The number of nitrogens with zero attached hydrogens (tertiary/aromatic N) is 2. The van der Waals surface area contributed by atoms with E-state index < -0.39 is 0 Å². The van der Waals surface area contributed by atoms with E-state index in [9.17, 15) is 4.79 Å². The first-order valence-electron chi connectivity index (χ1n) is 5.32. The lowest BCUT2D eigenvalue weighted by Crippen LogP contribution is -2.36. The zero-order chi connectivity index (χ0) is 11.3.